The van der Waals surface area contributed by atoms with Gasteiger partial charge in [-0.15, -0.1) is 11.3 Å². The predicted octanol–water partition coefficient (Wildman–Crippen LogP) is 1.10. The molecule has 0 saturated carbocycles. The molecular weight excluding hydrogens is 284 g/mol. The molecular formula is C12H20N2O3S2. The van der Waals surface area contributed by atoms with Crippen LogP contribution in [0.5, 0.6) is 0 Å². The molecule has 1 atom stereocenters. The van der Waals surface area contributed by atoms with E-state index in [1.165, 1.54) is 11.3 Å². The summed E-state index contributed by atoms with van der Waals surface area (Å²) in [5.74, 6) is 0. The van der Waals surface area contributed by atoms with Crippen molar-refractivity contribution < 1.29 is 13.2 Å². The molecule has 2 rings (SSSR count). The lowest BCUT2D eigenvalue weighted by molar-refractivity contribution is 0.0387. The van der Waals surface area contributed by atoms with Gasteiger partial charge in [-0.3, -0.25) is 0 Å². The third-order valence-electron chi connectivity index (χ3n) is 3.11. The van der Waals surface area contributed by atoms with Crippen LogP contribution in [0.4, 0.5) is 0 Å². The van der Waals surface area contributed by atoms with E-state index in [2.05, 4.69) is 4.72 Å². The molecule has 0 aliphatic carbocycles. The topological polar surface area (TPSA) is 81.4 Å². The number of hydrogen-bond donors (Lipinski definition) is 2. The van der Waals surface area contributed by atoms with Crippen LogP contribution in [-0.4, -0.2) is 33.7 Å². The van der Waals surface area contributed by atoms with E-state index in [1.54, 1.807) is 6.07 Å². The van der Waals surface area contributed by atoms with Gasteiger partial charge in [-0.05, 0) is 44.9 Å². The Bertz CT molecular complexity index is 519. The number of nitrogens with two attached hydrogens (primary N) is 1. The van der Waals surface area contributed by atoms with E-state index in [0.717, 1.165) is 17.7 Å². The summed E-state index contributed by atoms with van der Waals surface area (Å²) in [6.07, 6.45) is 2.38. The van der Waals surface area contributed by atoms with Crippen molar-refractivity contribution in [2.24, 2.45) is 5.73 Å². The molecule has 1 aromatic rings. The van der Waals surface area contributed by atoms with E-state index in [-0.39, 0.29) is 0 Å². The SMILES string of the molecule is CC1(NS(=O)(=O)c2ccc(CCN)s2)CCCOC1. The van der Waals surface area contributed by atoms with Gasteiger partial charge in [0.05, 0.1) is 12.1 Å². The molecule has 1 saturated heterocycles. The van der Waals surface area contributed by atoms with Crippen molar-refractivity contribution >= 4 is 21.4 Å². The fourth-order valence-corrected chi connectivity index (χ4v) is 4.96. The Hall–Kier alpha value is -0.470. The largest absolute Gasteiger partial charge is 0.380 e. The number of sulfonamides is 1. The Morgan fingerprint density at radius 3 is 2.95 bits per heavy atom. The van der Waals surface area contributed by atoms with Crippen molar-refractivity contribution in [1.82, 2.24) is 4.72 Å². The Morgan fingerprint density at radius 1 is 1.53 bits per heavy atom. The molecule has 0 spiro atoms. The average molecular weight is 304 g/mol. The van der Waals surface area contributed by atoms with Crippen LogP contribution in [0.2, 0.25) is 0 Å². The van der Waals surface area contributed by atoms with Crippen molar-refractivity contribution in [2.45, 2.75) is 35.9 Å². The second kappa shape index (κ2) is 5.88. The minimum atomic E-state index is -3.47. The Balaban J connectivity index is 2.12. The van der Waals surface area contributed by atoms with E-state index < -0.39 is 15.6 Å². The molecule has 108 valence electrons. The monoisotopic (exact) mass is 304 g/mol. The molecule has 0 radical (unpaired) electrons. The summed E-state index contributed by atoms with van der Waals surface area (Å²) in [5.41, 5.74) is 4.97. The first kappa shape index (κ1) is 14.9. The lowest BCUT2D eigenvalue weighted by atomic mass is 9.97. The van der Waals surface area contributed by atoms with Crippen LogP contribution in [0.3, 0.4) is 0 Å². The molecule has 2 heterocycles. The van der Waals surface area contributed by atoms with Crippen LogP contribution in [-0.2, 0) is 21.2 Å². The third-order valence-corrected chi connectivity index (χ3v) is 6.39. The van der Waals surface area contributed by atoms with Crippen LogP contribution in [0, 0.1) is 0 Å². The molecule has 1 fully saturated rings. The summed E-state index contributed by atoms with van der Waals surface area (Å²) in [7, 11) is -3.47. The molecule has 0 bridgehead atoms. The summed E-state index contributed by atoms with van der Waals surface area (Å²) in [6, 6.07) is 3.47. The maximum Gasteiger partial charge on any atom is 0.250 e. The minimum Gasteiger partial charge on any atom is -0.380 e. The highest BCUT2D eigenvalue weighted by molar-refractivity contribution is 7.91. The molecule has 1 unspecified atom stereocenters. The highest BCUT2D eigenvalue weighted by atomic mass is 32.2. The normalized spacial score (nSPS) is 24.5. The van der Waals surface area contributed by atoms with Crippen LogP contribution < -0.4 is 10.5 Å². The maximum atomic E-state index is 12.3. The lowest BCUT2D eigenvalue weighted by Gasteiger charge is -2.33. The first-order valence-corrected chi connectivity index (χ1v) is 8.66. The first-order chi connectivity index (χ1) is 8.95. The Labute approximate surface area is 118 Å². The zero-order valence-corrected chi connectivity index (χ0v) is 12.6. The highest BCUT2D eigenvalue weighted by Crippen LogP contribution is 2.26. The molecule has 19 heavy (non-hydrogen) atoms. The van der Waals surface area contributed by atoms with Gasteiger partial charge in [0.1, 0.15) is 4.21 Å². The predicted molar refractivity (Wildman–Crippen MR) is 75.9 cm³/mol. The summed E-state index contributed by atoms with van der Waals surface area (Å²) < 4.78 is 33.2. The van der Waals surface area contributed by atoms with Gasteiger partial charge in [-0.25, -0.2) is 13.1 Å². The van der Waals surface area contributed by atoms with E-state index >= 15 is 0 Å². The van der Waals surface area contributed by atoms with Gasteiger partial charge in [-0.2, -0.15) is 0 Å². The van der Waals surface area contributed by atoms with E-state index in [4.69, 9.17) is 10.5 Å². The Morgan fingerprint density at radius 2 is 2.32 bits per heavy atom. The fraction of sp³-hybridized carbons (Fsp3) is 0.667. The van der Waals surface area contributed by atoms with Gasteiger partial charge in [0, 0.05) is 11.5 Å². The maximum absolute atomic E-state index is 12.3. The number of nitrogens with one attached hydrogen (secondary N) is 1. The third kappa shape index (κ3) is 3.76. The number of hydrogen-bond acceptors (Lipinski definition) is 5. The summed E-state index contributed by atoms with van der Waals surface area (Å²) in [4.78, 5) is 0.993. The van der Waals surface area contributed by atoms with Crippen LogP contribution in [0.1, 0.15) is 24.6 Å². The van der Waals surface area contributed by atoms with Gasteiger partial charge in [0.2, 0.25) is 0 Å². The zero-order chi connectivity index (χ0) is 13.9. The first-order valence-electron chi connectivity index (χ1n) is 6.36. The molecule has 1 aliphatic rings. The molecule has 7 heteroatoms. The quantitative estimate of drug-likeness (QED) is 0.853. The Kier molecular flexibility index (Phi) is 4.62. The molecule has 1 aliphatic heterocycles. The van der Waals surface area contributed by atoms with Gasteiger partial charge in [0.25, 0.3) is 10.0 Å². The van der Waals surface area contributed by atoms with Crippen molar-refractivity contribution in [2.75, 3.05) is 19.8 Å². The van der Waals surface area contributed by atoms with Crippen molar-refractivity contribution in [1.29, 1.82) is 0 Å². The smallest absolute Gasteiger partial charge is 0.250 e. The van der Waals surface area contributed by atoms with Gasteiger partial charge in [0.15, 0.2) is 0 Å². The minimum absolute atomic E-state index is 0.350. The van der Waals surface area contributed by atoms with Gasteiger partial charge in [-0.1, -0.05) is 0 Å². The van der Waals surface area contributed by atoms with Crippen LogP contribution in [0.25, 0.3) is 0 Å². The number of thiophene rings is 1. The number of ether oxygens (including phenoxy) is 1. The molecule has 5 nitrogen and oxygen atoms in total. The second-order valence-electron chi connectivity index (χ2n) is 5.08. The zero-order valence-electron chi connectivity index (χ0n) is 11.0. The summed E-state index contributed by atoms with van der Waals surface area (Å²) in [6.45, 7) is 3.54. The molecule has 0 amide bonds. The molecule has 0 aromatic carbocycles. The lowest BCUT2D eigenvalue weighted by Crippen LogP contribution is -2.51. The molecule has 1 aromatic heterocycles. The van der Waals surface area contributed by atoms with Crippen molar-refractivity contribution in [3.8, 4) is 0 Å². The number of rotatable bonds is 5. The average Bonchev–Trinajstić information content (AvgIpc) is 2.78. The fourth-order valence-electron chi connectivity index (χ4n) is 2.17. The highest BCUT2D eigenvalue weighted by Gasteiger charge is 2.33. The van der Waals surface area contributed by atoms with Gasteiger partial charge < -0.3 is 10.5 Å². The second-order valence-corrected chi connectivity index (χ2v) is 8.16. The van der Waals surface area contributed by atoms with Gasteiger partial charge >= 0.3 is 0 Å². The van der Waals surface area contributed by atoms with E-state index in [9.17, 15) is 8.42 Å². The summed E-state index contributed by atoms with van der Waals surface area (Å²) in [5, 5.41) is 0. The summed E-state index contributed by atoms with van der Waals surface area (Å²) >= 11 is 1.28. The van der Waals surface area contributed by atoms with E-state index in [1.807, 2.05) is 13.0 Å². The van der Waals surface area contributed by atoms with Crippen LogP contribution in [0.15, 0.2) is 16.3 Å². The van der Waals surface area contributed by atoms with Crippen molar-refractivity contribution in [3.63, 3.8) is 0 Å². The van der Waals surface area contributed by atoms with Crippen LogP contribution >= 0.6 is 11.3 Å². The van der Waals surface area contributed by atoms with E-state index in [0.29, 0.717) is 30.4 Å². The van der Waals surface area contributed by atoms with Crippen molar-refractivity contribution in [3.05, 3.63) is 17.0 Å². The molecule has 3 N–H and O–H groups in total. The standard InChI is InChI=1S/C12H20N2O3S2/c1-12(6-2-8-17-9-12)14-19(15,16)11-4-3-10(18-11)5-7-13/h3-4,14H,2,5-9,13H2,1H3.